The van der Waals surface area contributed by atoms with Crippen LogP contribution in [0.4, 0.5) is 0 Å². The van der Waals surface area contributed by atoms with Gasteiger partial charge in [-0.1, -0.05) is 0 Å². The molecule has 1 aromatic heterocycles. The fourth-order valence-electron chi connectivity index (χ4n) is 1.35. The summed E-state index contributed by atoms with van der Waals surface area (Å²) < 4.78 is 1.39. The topological polar surface area (TPSA) is 71.3 Å². The highest BCUT2D eigenvalue weighted by Gasteiger charge is 2.10. The number of hydrogen-bond donors (Lipinski definition) is 2. The average molecular weight is 234 g/mol. The van der Waals surface area contributed by atoms with Crippen LogP contribution >= 0.6 is 0 Å². The van der Waals surface area contributed by atoms with E-state index in [9.17, 15) is 9.59 Å². The molecule has 0 aliphatic heterocycles. The highest BCUT2D eigenvalue weighted by atomic mass is 16.4. The van der Waals surface area contributed by atoms with Gasteiger partial charge in [0, 0.05) is 19.2 Å². The molecule has 1 heterocycles. The molecule has 0 aromatic carbocycles. The van der Waals surface area contributed by atoms with Crippen LogP contribution in [0.2, 0.25) is 0 Å². The first-order valence-electron chi connectivity index (χ1n) is 5.20. The Morgan fingerprint density at radius 3 is 2.94 bits per heavy atom. The summed E-state index contributed by atoms with van der Waals surface area (Å²) >= 11 is 0. The number of carboxylic acid groups (broad SMARTS) is 1. The third-order valence-electron chi connectivity index (χ3n) is 2.11. The lowest BCUT2D eigenvalue weighted by Gasteiger charge is -2.06. The van der Waals surface area contributed by atoms with E-state index in [1.807, 2.05) is 0 Å². The predicted octanol–water partition coefficient (Wildman–Crippen LogP) is 0.716. The van der Waals surface area contributed by atoms with Gasteiger partial charge in [-0.25, -0.2) is 4.79 Å². The molecule has 90 valence electrons. The van der Waals surface area contributed by atoms with E-state index >= 15 is 0 Å². The van der Waals surface area contributed by atoms with Gasteiger partial charge in [0.2, 0.25) is 5.91 Å². The molecule has 2 N–H and O–H groups in total. The number of carboxylic acids is 1. The molecule has 1 rings (SSSR count). The standard InChI is InChI=1S/C12H14N2O3/c1-2-3-4-7-13-11(15)9-14-8-5-6-10(14)12(16)17/h5-6,8H,4,7,9H2,1H3,(H,13,15)(H,16,17). The van der Waals surface area contributed by atoms with Crippen molar-refractivity contribution in [2.75, 3.05) is 6.54 Å². The molecule has 0 spiro atoms. The normalized spacial score (nSPS) is 9.24. The van der Waals surface area contributed by atoms with Crippen molar-refractivity contribution in [2.45, 2.75) is 19.9 Å². The van der Waals surface area contributed by atoms with Crippen molar-refractivity contribution >= 4 is 11.9 Å². The van der Waals surface area contributed by atoms with E-state index in [0.29, 0.717) is 13.0 Å². The van der Waals surface area contributed by atoms with E-state index in [2.05, 4.69) is 17.2 Å². The second-order valence-electron chi connectivity index (χ2n) is 3.35. The third kappa shape index (κ3) is 4.03. The Labute approximate surface area is 99.4 Å². The van der Waals surface area contributed by atoms with E-state index in [4.69, 9.17) is 5.11 Å². The summed E-state index contributed by atoms with van der Waals surface area (Å²) in [6.45, 7) is 2.22. The molecule has 5 heteroatoms. The molecule has 0 aliphatic carbocycles. The van der Waals surface area contributed by atoms with Gasteiger partial charge in [0.15, 0.2) is 0 Å². The molecule has 0 fully saturated rings. The first-order valence-corrected chi connectivity index (χ1v) is 5.20. The Balaban J connectivity index is 2.47. The smallest absolute Gasteiger partial charge is 0.352 e. The van der Waals surface area contributed by atoms with Crippen molar-refractivity contribution in [1.29, 1.82) is 0 Å². The van der Waals surface area contributed by atoms with Gasteiger partial charge >= 0.3 is 5.97 Å². The summed E-state index contributed by atoms with van der Waals surface area (Å²) in [4.78, 5) is 22.3. The van der Waals surface area contributed by atoms with Crippen molar-refractivity contribution in [3.05, 3.63) is 24.0 Å². The number of nitrogens with one attached hydrogen (secondary N) is 1. The summed E-state index contributed by atoms with van der Waals surface area (Å²) in [5.41, 5.74) is 0.105. The molecule has 1 aromatic rings. The number of amides is 1. The molecule has 17 heavy (non-hydrogen) atoms. The molecule has 0 unspecified atom stereocenters. The Morgan fingerprint density at radius 2 is 2.29 bits per heavy atom. The lowest BCUT2D eigenvalue weighted by Crippen LogP contribution is -2.29. The molecule has 1 amide bonds. The number of hydrogen-bond acceptors (Lipinski definition) is 2. The molecular weight excluding hydrogens is 220 g/mol. The number of carbonyl (C=O) groups is 2. The number of aromatic carboxylic acids is 1. The highest BCUT2D eigenvalue weighted by Crippen LogP contribution is 2.01. The number of rotatable bonds is 5. The molecule has 0 saturated heterocycles. The van der Waals surface area contributed by atoms with Crippen molar-refractivity contribution in [1.82, 2.24) is 9.88 Å². The van der Waals surface area contributed by atoms with Gasteiger partial charge in [-0.3, -0.25) is 4.79 Å². The summed E-state index contributed by atoms with van der Waals surface area (Å²) in [5, 5.41) is 11.5. The molecular formula is C12H14N2O3. The Kier molecular flexibility index (Phi) is 4.82. The van der Waals surface area contributed by atoms with Gasteiger partial charge in [0.1, 0.15) is 12.2 Å². The van der Waals surface area contributed by atoms with Crippen LogP contribution in [0.1, 0.15) is 23.8 Å². The number of nitrogens with zero attached hydrogens (tertiary/aromatic N) is 1. The third-order valence-corrected chi connectivity index (χ3v) is 2.11. The van der Waals surface area contributed by atoms with Crippen LogP contribution in [-0.2, 0) is 11.3 Å². The van der Waals surface area contributed by atoms with E-state index < -0.39 is 5.97 Å². The van der Waals surface area contributed by atoms with Gasteiger partial charge in [-0.2, -0.15) is 0 Å². The number of aromatic nitrogens is 1. The summed E-state index contributed by atoms with van der Waals surface area (Å²) in [5.74, 6) is 4.29. The lowest BCUT2D eigenvalue weighted by atomic mass is 10.4. The van der Waals surface area contributed by atoms with Gasteiger partial charge < -0.3 is 15.0 Å². The Bertz CT molecular complexity index is 466. The Hall–Kier alpha value is -2.22. The van der Waals surface area contributed by atoms with Crippen LogP contribution in [0, 0.1) is 11.8 Å². The maximum absolute atomic E-state index is 11.5. The van der Waals surface area contributed by atoms with Crippen LogP contribution in [0.15, 0.2) is 18.3 Å². The van der Waals surface area contributed by atoms with Crippen molar-refractivity contribution in [2.24, 2.45) is 0 Å². The van der Waals surface area contributed by atoms with Gasteiger partial charge in [0.05, 0.1) is 0 Å². The first kappa shape index (κ1) is 12.8. The molecule has 0 saturated carbocycles. The van der Waals surface area contributed by atoms with Crippen LogP contribution in [-0.4, -0.2) is 28.1 Å². The van der Waals surface area contributed by atoms with E-state index in [-0.39, 0.29) is 18.1 Å². The summed E-state index contributed by atoms with van der Waals surface area (Å²) in [7, 11) is 0. The first-order chi connectivity index (χ1) is 8.15. The maximum atomic E-state index is 11.5. The maximum Gasteiger partial charge on any atom is 0.352 e. The fraction of sp³-hybridized carbons (Fsp3) is 0.333. The van der Waals surface area contributed by atoms with Gasteiger partial charge in [-0.05, 0) is 19.1 Å². The molecule has 5 nitrogen and oxygen atoms in total. The fourth-order valence-corrected chi connectivity index (χ4v) is 1.35. The quantitative estimate of drug-likeness (QED) is 0.582. The van der Waals surface area contributed by atoms with E-state index in [1.165, 1.54) is 10.6 Å². The summed E-state index contributed by atoms with van der Waals surface area (Å²) in [6.07, 6.45) is 2.16. The van der Waals surface area contributed by atoms with E-state index in [0.717, 1.165) is 0 Å². The Morgan fingerprint density at radius 1 is 1.53 bits per heavy atom. The van der Waals surface area contributed by atoms with Crippen LogP contribution in [0.5, 0.6) is 0 Å². The molecule has 0 aliphatic rings. The minimum absolute atomic E-state index is 0.00812. The zero-order valence-electron chi connectivity index (χ0n) is 9.56. The molecule has 0 atom stereocenters. The van der Waals surface area contributed by atoms with Gasteiger partial charge in [-0.15, -0.1) is 11.8 Å². The largest absolute Gasteiger partial charge is 0.477 e. The predicted molar refractivity (Wildman–Crippen MR) is 62.5 cm³/mol. The average Bonchev–Trinajstić information content (AvgIpc) is 2.72. The minimum atomic E-state index is -1.04. The van der Waals surface area contributed by atoms with Crippen molar-refractivity contribution in [3.63, 3.8) is 0 Å². The van der Waals surface area contributed by atoms with Crippen LogP contribution in [0.3, 0.4) is 0 Å². The van der Waals surface area contributed by atoms with E-state index in [1.54, 1.807) is 19.2 Å². The zero-order valence-corrected chi connectivity index (χ0v) is 9.56. The second-order valence-corrected chi connectivity index (χ2v) is 3.35. The molecule has 0 bridgehead atoms. The van der Waals surface area contributed by atoms with Crippen LogP contribution in [0.25, 0.3) is 0 Å². The summed E-state index contributed by atoms with van der Waals surface area (Å²) in [6, 6.07) is 3.05. The van der Waals surface area contributed by atoms with Crippen molar-refractivity contribution in [3.8, 4) is 11.8 Å². The minimum Gasteiger partial charge on any atom is -0.477 e. The monoisotopic (exact) mass is 234 g/mol. The second kappa shape index (κ2) is 6.38. The van der Waals surface area contributed by atoms with Crippen LogP contribution < -0.4 is 5.32 Å². The van der Waals surface area contributed by atoms with Crippen molar-refractivity contribution < 1.29 is 14.7 Å². The van der Waals surface area contributed by atoms with Gasteiger partial charge in [0.25, 0.3) is 0 Å². The SMILES string of the molecule is CC#CCCNC(=O)Cn1cccc1C(=O)O. The molecule has 0 radical (unpaired) electrons. The highest BCUT2D eigenvalue weighted by molar-refractivity contribution is 5.86. The lowest BCUT2D eigenvalue weighted by molar-refractivity contribution is -0.121. The number of carbonyl (C=O) groups excluding carboxylic acids is 1. The zero-order chi connectivity index (χ0) is 12.7.